The van der Waals surface area contributed by atoms with Crippen LogP contribution in [0, 0.1) is 0 Å². The Morgan fingerprint density at radius 3 is 2.88 bits per heavy atom. The van der Waals surface area contributed by atoms with E-state index in [1.54, 1.807) is 0 Å². The van der Waals surface area contributed by atoms with Gasteiger partial charge in [0.1, 0.15) is 0 Å². The van der Waals surface area contributed by atoms with Crippen molar-refractivity contribution in [3.05, 3.63) is 12.5 Å². The number of sulfonamides is 1. The average molecular weight is 244 g/mol. The van der Waals surface area contributed by atoms with Gasteiger partial charge in [-0.1, -0.05) is 0 Å². The van der Waals surface area contributed by atoms with Crippen LogP contribution in [0.4, 0.5) is 0 Å². The predicted octanol–water partition coefficient (Wildman–Crippen LogP) is -0.170. The summed E-state index contributed by atoms with van der Waals surface area (Å²) in [4.78, 5) is 6.25. The number of aromatic amines is 1. The number of H-pyrrole nitrogens is 1. The molecule has 6 nitrogen and oxygen atoms in total. The molecule has 16 heavy (non-hydrogen) atoms. The highest BCUT2D eigenvalue weighted by atomic mass is 32.2. The molecule has 3 N–H and O–H groups in total. The van der Waals surface area contributed by atoms with Crippen molar-refractivity contribution >= 4 is 10.0 Å². The van der Waals surface area contributed by atoms with Gasteiger partial charge in [0.25, 0.3) is 10.0 Å². The summed E-state index contributed by atoms with van der Waals surface area (Å²) in [6.45, 7) is 1.30. The first-order valence-corrected chi connectivity index (χ1v) is 6.88. The lowest BCUT2D eigenvalue weighted by Gasteiger charge is -2.05. The summed E-state index contributed by atoms with van der Waals surface area (Å²) in [6.07, 6.45) is 5.94. The lowest BCUT2D eigenvalue weighted by atomic mass is 10.4. The summed E-state index contributed by atoms with van der Waals surface area (Å²) >= 11 is 0. The molecule has 1 aromatic heterocycles. The van der Waals surface area contributed by atoms with Crippen LogP contribution >= 0.6 is 0 Å². The van der Waals surface area contributed by atoms with Crippen LogP contribution in [-0.4, -0.2) is 37.5 Å². The highest BCUT2D eigenvalue weighted by Crippen LogP contribution is 2.18. The standard InChI is InChI=1S/C9H16N4O2S/c14-16(15,9-6-10-7-12-9)13-5-1-4-11-8-2-3-8/h6-8,11,13H,1-5H2,(H,10,12). The van der Waals surface area contributed by atoms with Crippen molar-refractivity contribution in [2.45, 2.75) is 30.3 Å². The van der Waals surface area contributed by atoms with Crippen LogP contribution < -0.4 is 10.0 Å². The van der Waals surface area contributed by atoms with Gasteiger partial charge < -0.3 is 10.3 Å². The summed E-state index contributed by atoms with van der Waals surface area (Å²) < 4.78 is 25.7. The molecule has 1 aliphatic carbocycles. The van der Waals surface area contributed by atoms with E-state index >= 15 is 0 Å². The molecule has 0 saturated heterocycles. The highest BCUT2D eigenvalue weighted by molar-refractivity contribution is 7.89. The fourth-order valence-corrected chi connectivity index (χ4v) is 2.33. The highest BCUT2D eigenvalue weighted by Gasteiger charge is 2.19. The van der Waals surface area contributed by atoms with Gasteiger partial charge in [-0.3, -0.25) is 0 Å². The van der Waals surface area contributed by atoms with Crippen LogP contribution in [0.25, 0.3) is 0 Å². The van der Waals surface area contributed by atoms with Crippen LogP contribution in [0.2, 0.25) is 0 Å². The zero-order chi connectivity index (χ0) is 11.4. The number of nitrogens with one attached hydrogen (secondary N) is 3. The smallest absolute Gasteiger partial charge is 0.257 e. The summed E-state index contributed by atoms with van der Waals surface area (Å²) in [5, 5.41) is 3.44. The fourth-order valence-electron chi connectivity index (χ4n) is 1.36. The number of aromatic nitrogens is 2. The first kappa shape index (κ1) is 11.6. The zero-order valence-corrected chi connectivity index (χ0v) is 9.76. The van der Waals surface area contributed by atoms with Gasteiger partial charge in [0.15, 0.2) is 5.03 Å². The van der Waals surface area contributed by atoms with E-state index in [1.165, 1.54) is 25.4 Å². The topological polar surface area (TPSA) is 86.9 Å². The minimum absolute atomic E-state index is 0.114. The molecule has 90 valence electrons. The molecule has 2 rings (SSSR count). The first-order valence-electron chi connectivity index (χ1n) is 5.40. The molecule has 7 heteroatoms. The third kappa shape index (κ3) is 3.29. The Morgan fingerprint density at radius 1 is 1.44 bits per heavy atom. The van der Waals surface area contributed by atoms with Gasteiger partial charge in [-0.15, -0.1) is 0 Å². The number of nitrogens with zero attached hydrogens (tertiary/aromatic N) is 1. The molecule has 1 fully saturated rings. The molecule has 0 spiro atoms. The van der Waals surface area contributed by atoms with E-state index in [0.29, 0.717) is 12.6 Å². The van der Waals surface area contributed by atoms with Crippen molar-refractivity contribution in [3.8, 4) is 0 Å². The van der Waals surface area contributed by atoms with E-state index in [1.807, 2.05) is 0 Å². The van der Waals surface area contributed by atoms with E-state index in [2.05, 4.69) is 20.0 Å². The normalized spacial score (nSPS) is 16.5. The maximum absolute atomic E-state index is 11.6. The Balaban J connectivity index is 1.68. The largest absolute Gasteiger partial charge is 0.335 e. The second-order valence-electron chi connectivity index (χ2n) is 3.90. The SMILES string of the molecule is O=S(=O)(NCCCNC1CC1)c1cnc[nH]1. The monoisotopic (exact) mass is 244 g/mol. The summed E-state index contributed by atoms with van der Waals surface area (Å²) in [6, 6.07) is 0.671. The lowest BCUT2D eigenvalue weighted by molar-refractivity contribution is 0.570. The molecule has 0 unspecified atom stereocenters. The number of hydrogen-bond acceptors (Lipinski definition) is 4. The van der Waals surface area contributed by atoms with Crippen molar-refractivity contribution < 1.29 is 8.42 Å². The number of hydrogen-bond donors (Lipinski definition) is 3. The second-order valence-corrected chi connectivity index (χ2v) is 5.63. The Bertz CT molecular complexity index is 411. The van der Waals surface area contributed by atoms with Crippen LogP contribution in [0.5, 0.6) is 0 Å². The maximum atomic E-state index is 11.6. The van der Waals surface area contributed by atoms with Crippen molar-refractivity contribution in [1.82, 2.24) is 20.0 Å². The molecule has 0 bridgehead atoms. The Morgan fingerprint density at radius 2 is 2.25 bits per heavy atom. The van der Waals surface area contributed by atoms with Crippen LogP contribution in [-0.2, 0) is 10.0 Å². The molecular weight excluding hydrogens is 228 g/mol. The second kappa shape index (κ2) is 4.94. The van der Waals surface area contributed by atoms with Gasteiger partial charge >= 0.3 is 0 Å². The molecule has 1 aliphatic rings. The first-order chi connectivity index (χ1) is 7.68. The molecule has 0 atom stereocenters. The molecule has 1 aromatic rings. The van der Waals surface area contributed by atoms with E-state index < -0.39 is 10.0 Å². The van der Waals surface area contributed by atoms with E-state index in [0.717, 1.165) is 13.0 Å². The molecule has 0 amide bonds. The van der Waals surface area contributed by atoms with Crippen molar-refractivity contribution in [2.75, 3.05) is 13.1 Å². The lowest BCUT2D eigenvalue weighted by Crippen LogP contribution is -2.28. The number of rotatable bonds is 7. The van der Waals surface area contributed by atoms with Crippen molar-refractivity contribution in [3.63, 3.8) is 0 Å². The van der Waals surface area contributed by atoms with Crippen LogP contribution in [0.15, 0.2) is 17.6 Å². The van der Waals surface area contributed by atoms with Crippen LogP contribution in [0.1, 0.15) is 19.3 Å². The molecular formula is C9H16N4O2S. The maximum Gasteiger partial charge on any atom is 0.257 e. The molecule has 1 heterocycles. The van der Waals surface area contributed by atoms with Gasteiger partial charge in [-0.25, -0.2) is 18.1 Å². The Kier molecular flexibility index (Phi) is 3.57. The van der Waals surface area contributed by atoms with Gasteiger partial charge in [0.05, 0.1) is 12.5 Å². The number of imidazole rings is 1. The van der Waals surface area contributed by atoms with Crippen molar-refractivity contribution in [1.29, 1.82) is 0 Å². The Hall–Kier alpha value is -0.920. The summed E-state index contributed by atoms with van der Waals surface area (Å²) in [5.41, 5.74) is 0. The molecule has 0 aliphatic heterocycles. The van der Waals surface area contributed by atoms with Gasteiger partial charge in [-0.2, -0.15) is 0 Å². The van der Waals surface area contributed by atoms with Gasteiger partial charge in [0, 0.05) is 12.6 Å². The minimum atomic E-state index is -3.40. The Labute approximate surface area is 94.9 Å². The van der Waals surface area contributed by atoms with Crippen LogP contribution in [0.3, 0.4) is 0 Å². The molecule has 0 radical (unpaired) electrons. The predicted molar refractivity (Wildman–Crippen MR) is 59.4 cm³/mol. The van der Waals surface area contributed by atoms with Gasteiger partial charge in [-0.05, 0) is 25.8 Å². The molecule has 1 saturated carbocycles. The molecule has 0 aromatic carbocycles. The van der Waals surface area contributed by atoms with Gasteiger partial charge in [0.2, 0.25) is 0 Å². The summed E-state index contributed by atoms with van der Waals surface area (Å²) in [5.74, 6) is 0. The van der Waals surface area contributed by atoms with E-state index in [-0.39, 0.29) is 5.03 Å². The minimum Gasteiger partial charge on any atom is -0.335 e. The third-order valence-corrected chi connectivity index (χ3v) is 3.81. The fraction of sp³-hybridized carbons (Fsp3) is 0.667. The van der Waals surface area contributed by atoms with E-state index in [4.69, 9.17) is 0 Å². The average Bonchev–Trinajstić information content (AvgIpc) is 2.89. The third-order valence-electron chi connectivity index (χ3n) is 2.42. The zero-order valence-electron chi connectivity index (χ0n) is 8.94. The summed E-state index contributed by atoms with van der Waals surface area (Å²) in [7, 11) is -3.40. The quantitative estimate of drug-likeness (QED) is 0.581. The van der Waals surface area contributed by atoms with Crippen molar-refractivity contribution in [2.24, 2.45) is 0 Å². The van der Waals surface area contributed by atoms with E-state index in [9.17, 15) is 8.42 Å².